The lowest BCUT2D eigenvalue weighted by atomic mass is 9.90. The molecule has 1 atom stereocenters. The molecular weight excluding hydrogens is 693 g/mol. The van der Waals surface area contributed by atoms with Gasteiger partial charge in [-0.15, -0.1) is 0 Å². The summed E-state index contributed by atoms with van der Waals surface area (Å²) in [5, 5.41) is 5.94. The highest BCUT2D eigenvalue weighted by Crippen LogP contribution is 2.35. The second kappa shape index (κ2) is 14.3. The first-order chi connectivity index (χ1) is 28.1. The molecule has 4 heteroatoms. The summed E-state index contributed by atoms with van der Waals surface area (Å²) >= 11 is 0. The van der Waals surface area contributed by atoms with Crippen LogP contribution >= 0.6 is 0 Å². The number of fused-ring (bicyclic) bond motifs is 6. The molecule has 0 amide bonds. The summed E-state index contributed by atoms with van der Waals surface area (Å²) < 4.78 is 4.46. The summed E-state index contributed by atoms with van der Waals surface area (Å²) in [4.78, 5) is 4.88. The number of benzene rings is 7. The molecule has 0 saturated heterocycles. The highest BCUT2D eigenvalue weighted by atomic mass is 15.1. The fraction of sp³-hybridized carbons (Fsp3) is 0.0377. The first-order valence-corrected chi connectivity index (χ1v) is 19.5. The Morgan fingerprint density at radius 1 is 0.596 bits per heavy atom. The summed E-state index contributed by atoms with van der Waals surface area (Å²) in [7, 11) is 0. The lowest BCUT2D eigenvalue weighted by Gasteiger charge is -2.15. The van der Waals surface area contributed by atoms with Gasteiger partial charge in [-0.3, -0.25) is 4.57 Å². The molecule has 0 radical (unpaired) electrons. The SMILES string of the molecule is C=C/C(=C\N=C(/N)n1c2c(c3ccccc31)=CC(c1ccc3c(c1)c1ccccc1n3-c1ccccc1)CC=2)c1cccc(-c2cccc(-c3ccccc3)c2)c1. The van der Waals surface area contributed by atoms with Gasteiger partial charge in [-0.2, -0.15) is 0 Å². The molecule has 0 spiro atoms. The Morgan fingerprint density at radius 3 is 2.02 bits per heavy atom. The van der Waals surface area contributed by atoms with E-state index >= 15 is 0 Å². The van der Waals surface area contributed by atoms with Crippen LogP contribution in [0.15, 0.2) is 200 Å². The van der Waals surface area contributed by atoms with E-state index in [1.807, 2.05) is 18.3 Å². The summed E-state index contributed by atoms with van der Waals surface area (Å²) in [5.41, 5.74) is 19.4. The Bertz CT molecular complexity index is 3180. The van der Waals surface area contributed by atoms with Crippen molar-refractivity contribution in [2.45, 2.75) is 12.3 Å². The van der Waals surface area contributed by atoms with E-state index in [2.05, 4.69) is 198 Å². The average molecular weight is 733 g/mol. The minimum atomic E-state index is 0.214. The molecule has 0 fully saturated rings. The van der Waals surface area contributed by atoms with E-state index in [1.165, 1.54) is 49.4 Å². The maximum absolute atomic E-state index is 6.91. The standard InChI is InChI=1S/C53H40N4/c1-2-36(38-17-13-19-40(31-38)41-20-14-18-39(32-41)37-15-5-3-6-16-37)35-55-53(54)57-50-26-12-10-24-46(50)48-34-43(28-30-52(48)57)42-27-29-51-47(33-42)45-23-9-11-25-49(45)56(51)44-21-7-4-8-22-44/h2-27,29-35,43H,1,28H2,(H2,54,55)/b36-35+. The van der Waals surface area contributed by atoms with Crippen LogP contribution in [0.4, 0.5) is 0 Å². The third kappa shape index (κ3) is 6.09. The Balaban J connectivity index is 1.01. The van der Waals surface area contributed by atoms with Crippen LogP contribution in [0.3, 0.4) is 0 Å². The van der Waals surface area contributed by atoms with E-state index < -0.39 is 0 Å². The number of hydrogen-bond acceptors (Lipinski definition) is 1. The molecule has 0 aliphatic heterocycles. The number of allylic oxidation sites excluding steroid dienone is 2. The molecular formula is C53H40N4. The van der Waals surface area contributed by atoms with Gasteiger partial charge in [0.15, 0.2) is 0 Å². The highest BCUT2D eigenvalue weighted by Gasteiger charge is 2.19. The summed E-state index contributed by atoms with van der Waals surface area (Å²) in [6.07, 6.45) is 9.27. The normalized spacial score (nSPS) is 14.4. The number of aliphatic imine (C=N–C) groups is 1. The molecule has 9 aromatic rings. The molecule has 10 rings (SSSR count). The van der Waals surface area contributed by atoms with Crippen molar-refractivity contribution in [3.8, 4) is 27.9 Å². The zero-order valence-electron chi connectivity index (χ0n) is 31.5. The van der Waals surface area contributed by atoms with E-state index in [-0.39, 0.29) is 5.92 Å². The van der Waals surface area contributed by atoms with Gasteiger partial charge >= 0.3 is 0 Å². The van der Waals surface area contributed by atoms with Crippen LogP contribution in [0.2, 0.25) is 0 Å². The molecule has 1 unspecified atom stereocenters. The summed E-state index contributed by atoms with van der Waals surface area (Å²) in [6, 6.07) is 62.4. The van der Waals surface area contributed by atoms with Crippen molar-refractivity contribution in [1.82, 2.24) is 9.13 Å². The number of rotatable bonds is 7. The van der Waals surface area contributed by atoms with Gasteiger partial charge in [-0.1, -0.05) is 152 Å². The fourth-order valence-electron chi connectivity index (χ4n) is 8.55. The van der Waals surface area contributed by atoms with Gasteiger partial charge in [0.2, 0.25) is 5.96 Å². The van der Waals surface area contributed by atoms with Gasteiger partial charge in [0, 0.05) is 39.2 Å². The van der Waals surface area contributed by atoms with Crippen molar-refractivity contribution >= 4 is 56.4 Å². The van der Waals surface area contributed by atoms with Gasteiger partial charge in [0.05, 0.1) is 21.9 Å². The monoisotopic (exact) mass is 732 g/mol. The number of aromatic nitrogens is 2. The van der Waals surface area contributed by atoms with Crippen LogP contribution in [-0.4, -0.2) is 15.1 Å². The van der Waals surface area contributed by atoms with E-state index in [1.54, 1.807) is 0 Å². The first-order valence-electron chi connectivity index (χ1n) is 19.5. The molecule has 2 heterocycles. The molecule has 2 N–H and O–H groups in total. The largest absolute Gasteiger partial charge is 0.369 e. The Hall–Kier alpha value is -7.43. The van der Waals surface area contributed by atoms with Crippen LogP contribution in [0.25, 0.3) is 78.4 Å². The zero-order chi connectivity index (χ0) is 38.3. The van der Waals surface area contributed by atoms with Gasteiger partial charge in [0.25, 0.3) is 0 Å². The molecule has 272 valence electrons. The summed E-state index contributed by atoms with van der Waals surface area (Å²) in [6.45, 7) is 4.15. The van der Waals surface area contributed by atoms with Crippen LogP contribution in [-0.2, 0) is 0 Å². The van der Waals surface area contributed by atoms with Gasteiger partial charge in [0.1, 0.15) is 0 Å². The molecule has 0 saturated carbocycles. The molecule has 4 nitrogen and oxygen atoms in total. The van der Waals surface area contributed by atoms with Crippen LogP contribution < -0.4 is 16.3 Å². The van der Waals surface area contributed by atoms with Gasteiger partial charge in [-0.25, -0.2) is 4.99 Å². The second-order valence-corrected chi connectivity index (χ2v) is 14.6. The van der Waals surface area contributed by atoms with Crippen molar-refractivity contribution in [3.05, 3.63) is 216 Å². The Kier molecular flexibility index (Phi) is 8.57. The Labute approximate surface area is 331 Å². The lowest BCUT2D eigenvalue weighted by molar-refractivity contribution is 0.913. The maximum atomic E-state index is 6.91. The minimum Gasteiger partial charge on any atom is -0.369 e. The zero-order valence-corrected chi connectivity index (χ0v) is 31.5. The van der Waals surface area contributed by atoms with Crippen LogP contribution in [0.5, 0.6) is 0 Å². The lowest BCUT2D eigenvalue weighted by Crippen LogP contribution is -2.38. The average Bonchev–Trinajstić information content (AvgIpc) is 3.79. The molecule has 1 aliphatic rings. The first kappa shape index (κ1) is 34.1. The van der Waals surface area contributed by atoms with E-state index in [9.17, 15) is 0 Å². The van der Waals surface area contributed by atoms with Crippen molar-refractivity contribution in [2.75, 3.05) is 0 Å². The Morgan fingerprint density at radius 2 is 1.23 bits per heavy atom. The molecule has 0 bridgehead atoms. The van der Waals surface area contributed by atoms with Gasteiger partial charge in [-0.05, 0) is 93.9 Å². The van der Waals surface area contributed by atoms with Crippen molar-refractivity contribution < 1.29 is 0 Å². The number of nitrogens with zero attached hydrogens (tertiary/aromatic N) is 3. The quantitative estimate of drug-likeness (QED) is 0.0990. The highest BCUT2D eigenvalue weighted by molar-refractivity contribution is 6.09. The van der Waals surface area contributed by atoms with Crippen molar-refractivity contribution in [2.24, 2.45) is 10.7 Å². The smallest absolute Gasteiger partial charge is 0.205 e. The van der Waals surface area contributed by atoms with Crippen molar-refractivity contribution in [1.29, 1.82) is 0 Å². The van der Waals surface area contributed by atoms with Crippen LogP contribution in [0.1, 0.15) is 23.5 Å². The van der Waals surface area contributed by atoms with Gasteiger partial charge < -0.3 is 10.3 Å². The van der Waals surface area contributed by atoms with E-state index in [4.69, 9.17) is 10.7 Å². The maximum Gasteiger partial charge on any atom is 0.205 e. The topological polar surface area (TPSA) is 48.2 Å². The predicted octanol–water partition coefficient (Wildman–Crippen LogP) is 11.2. The molecule has 2 aromatic heterocycles. The van der Waals surface area contributed by atoms with E-state index in [0.717, 1.165) is 44.9 Å². The second-order valence-electron chi connectivity index (χ2n) is 14.6. The minimum absolute atomic E-state index is 0.214. The number of para-hydroxylation sites is 3. The fourth-order valence-corrected chi connectivity index (χ4v) is 8.55. The third-order valence-electron chi connectivity index (χ3n) is 11.3. The number of hydrogen-bond donors (Lipinski definition) is 1. The molecule has 57 heavy (non-hydrogen) atoms. The molecule has 7 aromatic carbocycles. The van der Waals surface area contributed by atoms with Crippen LogP contribution in [0, 0.1) is 0 Å². The number of nitrogens with two attached hydrogens (primary N) is 1. The third-order valence-corrected chi connectivity index (χ3v) is 11.3. The molecule has 1 aliphatic carbocycles. The van der Waals surface area contributed by atoms with Crippen molar-refractivity contribution in [3.63, 3.8) is 0 Å². The van der Waals surface area contributed by atoms with E-state index in [0.29, 0.717) is 5.96 Å². The predicted molar refractivity (Wildman–Crippen MR) is 241 cm³/mol. The summed E-state index contributed by atoms with van der Waals surface area (Å²) in [5.74, 6) is 0.628.